The van der Waals surface area contributed by atoms with Crippen LogP contribution in [0.3, 0.4) is 0 Å². The van der Waals surface area contributed by atoms with Crippen LogP contribution in [0.1, 0.15) is 0 Å². The van der Waals surface area contributed by atoms with E-state index < -0.39 is 0 Å². The van der Waals surface area contributed by atoms with Crippen LogP contribution in [0.5, 0.6) is 5.88 Å². The fourth-order valence-corrected chi connectivity index (χ4v) is 2.71. The second-order valence-electron chi connectivity index (χ2n) is 4.38. The van der Waals surface area contributed by atoms with Crippen molar-refractivity contribution in [2.75, 3.05) is 12.4 Å². The van der Waals surface area contributed by atoms with Crippen molar-refractivity contribution < 1.29 is 4.74 Å². The van der Waals surface area contributed by atoms with Gasteiger partial charge in [-0.05, 0) is 51.0 Å². The summed E-state index contributed by atoms with van der Waals surface area (Å²) in [5.41, 5.74) is 0.925. The van der Waals surface area contributed by atoms with E-state index in [1.807, 2.05) is 12.1 Å². The zero-order chi connectivity index (χ0) is 14.8. The van der Waals surface area contributed by atoms with Crippen LogP contribution in [-0.4, -0.2) is 17.1 Å². The zero-order valence-electron chi connectivity index (χ0n) is 11.1. The van der Waals surface area contributed by atoms with Crippen molar-refractivity contribution in [3.63, 3.8) is 0 Å². The van der Waals surface area contributed by atoms with E-state index in [2.05, 4.69) is 71.4 Å². The summed E-state index contributed by atoms with van der Waals surface area (Å²) in [6.07, 6.45) is 1.66. The van der Waals surface area contributed by atoms with E-state index in [1.54, 1.807) is 13.3 Å². The summed E-state index contributed by atoms with van der Waals surface area (Å²) < 4.78 is 6.95. The maximum absolute atomic E-state index is 5.16. The standard InChI is InChI=1S/C15H11Br2N3O/c1-21-14-13(17)8-18-15(20-14)19-12-5-3-9-6-11(16)4-2-10(9)7-12/h2-8H,1H3,(H,18,19,20). The number of nitrogens with zero attached hydrogens (tertiary/aromatic N) is 2. The number of methoxy groups -OCH3 is 1. The number of hydrogen-bond donors (Lipinski definition) is 1. The van der Waals surface area contributed by atoms with E-state index in [0.29, 0.717) is 11.8 Å². The first kappa shape index (κ1) is 14.3. The van der Waals surface area contributed by atoms with Gasteiger partial charge in [-0.1, -0.05) is 28.1 Å². The Bertz CT molecular complexity index is 808. The molecular formula is C15H11Br2N3O. The Kier molecular flexibility index (Phi) is 4.07. The topological polar surface area (TPSA) is 47.0 Å². The van der Waals surface area contributed by atoms with Gasteiger partial charge in [0.1, 0.15) is 0 Å². The molecule has 21 heavy (non-hydrogen) atoms. The summed E-state index contributed by atoms with van der Waals surface area (Å²) in [6.45, 7) is 0. The molecule has 0 saturated heterocycles. The minimum atomic E-state index is 0.492. The third-order valence-electron chi connectivity index (χ3n) is 2.96. The van der Waals surface area contributed by atoms with E-state index in [-0.39, 0.29) is 0 Å². The average Bonchev–Trinajstić information content (AvgIpc) is 2.49. The SMILES string of the molecule is COc1nc(Nc2ccc3cc(Br)ccc3c2)ncc1Br. The predicted octanol–water partition coefficient (Wildman–Crippen LogP) is 4.91. The fraction of sp³-hybridized carbons (Fsp3) is 0.0667. The second-order valence-corrected chi connectivity index (χ2v) is 6.15. The highest BCUT2D eigenvalue weighted by Gasteiger charge is 2.05. The van der Waals surface area contributed by atoms with E-state index in [0.717, 1.165) is 20.0 Å². The molecule has 0 saturated carbocycles. The van der Waals surface area contributed by atoms with Gasteiger partial charge in [-0.3, -0.25) is 0 Å². The molecule has 106 valence electrons. The summed E-state index contributed by atoms with van der Waals surface area (Å²) >= 11 is 6.81. The van der Waals surface area contributed by atoms with E-state index in [4.69, 9.17) is 4.74 Å². The molecule has 2 aromatic carbocycles. The number of ether oxygens (including phenoxy) is 1. The molecule has 0 aliphatic heterocycles. The summed E-state index contributed by atoms with van der Waals surface area (Å²) in [6, 6.07) is 12.3. The number of anilines is 2. The lowest BCUT2D eigenvalue weighted by molar-refractivity contribution is 0.394. The van der Waals surface area contributed by atoms with Gasteiger partial charge in [0.15, 0.2) is 0 Å². The molecule has 0 aliphatic rings. The monoisotopic (exact) mass is 407 g/mol. The number of benzene rings is 2. The van der Waals surface area contributed by atoms with Crippen molar-refractivity contribution in [2.24, 2.45) is 0 Å². The van der Waals surface area contributed by atoms with Crippen LogP contribution in [0.15, 0.2) is 51.5 Å². The van der Waals surface area contributed by atoms with E-state index in [9.17, 15) is 0 Å². The first-order valence-electron chi connectivity index (χ1n) is 6.18. The molecule has 0 spiro atoms. The number of hydrogen-bond acceptors (Lipinski definition) is 4. The first-order chi connectivity index (χ1) is 10.2. The Morgan fingerprint density at radius 3 is 2.62 bits per heavy atom. The van der Waals surface area contributed by atoms with Crippen LogP contribution in [0.2, 0.25) is 0 Å². The quantitative estimate of drug-likeness (QED) is 0.668. The third-order valence-corrected chi connectivity index (χ3v) is 4.00. The molecule has 6 heteroatoms. The minimum absolute atomic E-state index is 0.492. The second kappa shape index (κ2) is 5.99. The first-order valence-corrected chi connectivity index (χ1v) is 7.77. The molecule has 3 rings (SSSR count). The highest BCUT2D eigenvalue weighted by molar-refractivity contribution is 9.10. The Hall–Kier alpha value is -1.66. The van der Waals surface area contributed by atoms with Crippen LogP contribution in [0.25, 0.3) is 10.8 Å². The Morgan fingerprint density at radius 2 is 1.81 bits per heavy atom. The summed E-state index contributed by atoms with van der Waals surface area (Å²) in [5, 5.41) is 5.49. The van der Waals surface area contributed by atoms with Crippen LogP contribution in [0.4, 0.5) is 11.6 Å². The highest BCUT2D eigenvalue weighted by Crippen LogP contribution is 2.26. The number of aromatic nitrogens is 2. The van der Waals surface area contributed by atoms with Gasteiger partial charge in [-0.15, -0.1) is 0 Å². The molecule has 0 unspecified atom stereocenters. The van der Waals surface area contributed by atoms with Gasteiger partial charge in [0.2, 0.25) is 11.8 Å². The normalized spacial score (nSPS) is 10.6. The van der Waals surface area contributed by atoms with Crippen molar-refractivity contribution >= 4 is 54.3 Å². The number of halogens is 2. The Balaban J connectivity index is 1.92. The van der Waals surface area contributed by atoms with Crippen molar-refractivity contribution in [3.8, 4) is 5.88 Å². The summed E-state index contributed by atoms with van der Waals surface area (Å²) in [7, 11) is 1.57. The van der Waals surface area contributed by atoms with Crippen molar-refractivity contribution in [2.45, 2.75) is 0 Å². The zero-order valence-corrected chi connectivity index (χ0v) is 14.3. The van der Waals surface area contributed by atoms with Crippen molar-refractivity contribution in [1.82, 2.24) is 9.97 Å². The maximum Gasteiger partial charge on any atom is 0.232 e. The van der Waals surface area contributed by atoms with Gasteiger partial charge in [0.05, 0.1) is 17.8 Å². The Morgan fingerprint density at radius 1 is 1.05 bits per heavy atom. The lowest BCUT2D eigenvalue weighted by Crippen LogP contribution is -1.99. The van der Waals surface area contributed by atoms with Crippen molar-refractivity contribution in [3.05, 3.63) is 51.5 Å². The summed E-state index contributed by atoms with van der Waals surface area (Å²) in [5.74, 6) is 0.990. The van der Waals surface area contributed by atoms with Crippen LogP contribution >= 0.6 is 31.9 Å². The van der Waals surface area contributed by atoms with Gasteiger partial charge in [-0.2, -0.15) is 4.98 Å². The average molecular weight is 409 g/mol. The fourth-order valence-electron chi connectivity index (χ4n) is 1.98. The Labute approximate surface area is 138 Å². The van der Waals surface area contributed by atoms with Gasteiger partial charge < -0.3 is 10.1 Å². The molecule has 1 N–H and O–H groups in total. The largest absolute Gasteiger partial charge is 0.480 e. The predicted molar refractivity (Wildman–Crippen MR) is 91.2 cm³/mol. The number of rotatable bonds is 3. The minimum Gasteiger partial charge on any atom is -0.480 e. The maximum atomic E-state index is 5.16. The molecule has 1 heterocycles. The smallest absolute Gasteiger partial charge is 0.232 e. The van der Waals surface area contributed by atoms with Gasteiger partial charge >= 0.3 is 0 Å². The molecule has 0 atom stereocenters. The van der Waals surface area contributed by atoms with Crippen LogP contribution in [-0.2, 0) is 0 Å². The third kappa shape index (κ3) is 3.16. The van der Waals surface area contributed by atoms with Gasteiger partial charge in [0, 0.05) is 10.2 Å². The molecule has 0 bridgehead atoms. The molecule has 0 fully saturated rings. The van der Waals surface area contributed by atoms with Gasteiger partial charge in [0.25, 0.3) is 0 Å². The molecule has 0 radical (unpaired) electrons. The molecule has 1 aromatic heterocycles. The van der Waals surface area contributed by atoms with Crippen molar-refractivity contribution in [1.29, 1.82) is 0 Å². The molecule has 0 amide bonds. The molecular weight excluding hydrogens is 398 g/mol. The molecule has 4 nitrogen and oxygen atoms in total. The van der Waals surface area contributed by atoms with Gasteiger partial charge in [-0.25, -0.2) is 4.98 Å². The summed E-state index contributed by atoms with van der Waals surface area (Å²) in [4.78, 5) is 8.50. The van der Waals surface area contributed by atoms with Crippen LogP contribution in [0, 0.1) is 0 Å². The molecule has 0 aliphatic carbocycles. The van der Waals surface area contributed by atoms with Crippen LogP contribution < -0.4 is 10.1 Å². The van der Waals surface area contributed by atoms with E-state index in [1.165, 1.54) is 5.39 Å². The lowest BCUT2D eigenvalue weighted by atomic mass is 10.1. The highest BCUT2D eigenvalue weighted by atomic mass is 79.9. The molecule has 3 aromatic rings. The number of nitrogens with one attached hydrogen (secondary N) is 1. The lowest BCUT2D eigenvalue weighted by Gasteiger charge is -2.08. The van der Waals surface area contributed by atoms with E-state index >= 15 is 0 Å². The number of fused-ring (bicyclic) bond motifs is 1.